The zero-order chi connectivity index (χ0) is 18.7. The van der Waals surface area contributed by atoms with Gasteiger partial charge in [0.25, 0.3) is 0 Å². The maximum atomic E-state index is 12.1. The van der Waals surface area contributed by atoms with Gasteiger partial charge in [-0.2, -0.15) is 0 Å². The van der Waals surface area contributed by atoms with Crippen LogP contribution in [0.15, 0.2) is 11.6 Å². The van der Waals surface area contributed by atoms with Gasteiger partial charge in [0.2, 0.25) is 0 Å². The van der Waals surface area contributed by atoms with Crippen molar-refractivity contribution in [2.24, 2.45) is 22.7 Å². The van der Waals surface area contributed by atoms with Crippen LogP contribution in [0.2, 0.25) is 0 Å². The van der Waals surface area contributed by atoms with Crippen LogP contribution in [0.3, 0.4) is 0 Å². The summed E-state index contributed by atoms with van der Waals surface area (Å²) in [7, 11) is 0. The van der Waals surface area contributed by atoms with Crippen molar-refractivity contribution in [3.63, 3.8) is 0 Å². The third-order valence-electron chi connectivity index (χ3n) is 9.79. The SMILES string of the molecule is CC1CC2OC23C(CC=C2CC(=O)CCC23C)C12CC[C@@]1(CCC(=O)O1)C2. The number of carbonyl (C=O) groups excluding carboxylic acids is 2. The Morgan fingerprint density at radius 3 is 2.74 bits per heavy atom. The van der Waals surface area contributed by atoms with Crippen LogP contribution >= 0.6 is 0 Å². The van der Waals surface area contributed by atoms with E-state index in [1.165, 1.54) is 5.57 Å². The molecule has 2 saturated heterocycles. The van der Waals surface area contributed by atoms with Crippen LogP contribution in [0.5, 0.6) is 0 Å². The second-order valence-electron chi connectivity index (χ2n) is 10.7. The van der Waals surface area contributed by atoms with Crippen LogP contribution in [0.4, 0.5) is 0 Å². The summed E-state index contributed by atoms with van der Waals surface area (Å²) >= 11 is 0. The molecule has 0 bridgehead atoms. The lowest BCUT2D eigenvalue weighted by atomic mass is 9.45. The molecule has 0 N–H and O–H groups in total. The Hall–Kier alpha value is -1.16. The molecule has 6 unspecified atom stereocenters. The molecule has 4 nitrogen and oxygen atoms in total. The Morgan fingerprint density at radius 1 is 1.11 bits per heavy atom. The van der Waals surface area contributed by atoms with E-state index >= 15 is 0 Å². The predicted molar refractivity (Wildman–Crippen MR) is 98.9 cm³/mol. The number of allylic oxidation sites excluding steroid dienone is 1. The largest absolute Gasteiger partial charge is 0.459 e. The summed E-state index contributed by atoms with van der Waals surface area (Å²) in [5.74, 6) is 1.49. The molecule has 0 aromatic carbocycles. The lowest BCUT2D eigenvalue weighted by Gasteiger charge is -2.57. The van der Waals surface area contributed by atoms with Gasteiger partial charge in [-0.15, -0.1) is 0 Å². The molecule has 0 amide bonds. The molecule has 4 aliphatic carbocycles. The molecule has 6 aliphatic rings. The van der Waals surface area contributed by atoms with Crippen LogP contribution in [0.1, 0.15) is 78.1 Å². The Labute approximate surface area is 161 Å². The fourth-order valence-electron chi connectivity index (χ4n) is 8.32. The maximum absolute atomic E-state index is 12.1. The lowest BCUT2D eigenvalue weighted by molar-refractivity contribution is -0.149. The number of carbonyl (C=O) groups is 2. The summed E-state index contributed by atoms with van der Waals surface area (Å²) in [5, 5.41) is 0. The maximum Gasteiger partial charge on any atom is 0.306 e. The highest BCUT2D eigenvalue weighted by Gasteiger charge is 2.79. The zero-order valence-corrected chi connectivity index (χ0v) is 16.5. The summed E-state index contributed by atoms with van der Waals surface area (Å²) in [6.07, 6.45) is 11.9. The van der Waals surface area contributed by atoms with Crippen molar-refractivity contribution >= 4 is 11.8 Å². The lowest BCUT2D eigenvalue weighted by Crippen LogP contribution is -2.59. The van der Waals surface area contributed by atoms with Gasteiger partial charge in [0.15, 0.2) is 0 Å². The Bertz CT molecular complexity index is 785. The molecule has 2 aliphatic heterocycles. The van der Waals surface area contributed by atoms with Crippen molar-refractivity contribution in [1.29, 1.82) is 0 Å². The average Bonchev–Trinajstić information content (AvgIpc) is 3.05. The molecular formula is C23H30O4. The normalized spacial score (nSPS) is 55.8. The van der Waals surface area contributed by atoms with Gasteiger partial charge >= 0.3 is 5.97 Å². The van der Waals surface area contributed by atoms with Gasteiger partial charge < -0.3 is 9.47 Å². The summed E-state index contributed by atoms with van der Waals surface area (Å²) in [4.78, 5) is 24.0. The molecule has 27 heavy (non-hydrogen) atoms. The second-order valence-corrected chi connectivity index (χ2v) is 10.7. The second kappa shape index (κ2) is 4.87. The number of ketones is 1. The van der Waals surface area contributed by atoms with Crippen molar-refractivity contribution in [1.82, 2.24) is 0 Å². The minimum absolute atomic E-state index is 0.00523. The van der Waals surface area contributed by atoms with Crippen LogP contribution in [0, 0.1) is 22.7 Å². The van der Waals surface area contributed by atoms with Gasteiger partial charge in [-0.05, 0) is 56.3 Å². The first-order valence-electron chi connectivity index (χ1n) is 10.9. The molecule has 0 aromatic rings. The highest BCUT2D eigenvalue weighted by Crippen LogP contribution is 2.76. The predicted octanol–water partition coefficient (Wildman–Crippen LogP) is 4.12. The minimum atomic E-state index is -0.207. The van der Waals surface area contributed by atoms with Gasteiger partial charge in [0.05, 0.1) is 6.10 Å². The van der Waals surface area contributed by atoms with Crippen molar-refractivity contribution < 1.29 is 19.1 Å². The van der Waals surface area contributed by atoms with Gasteiger partial charge in [0, 0.05) is 30.6 Å². The molecule has 4 heteroatoms. The number of ether oxygens (including phenoxy) is 2. The molecule has 0 radical (unpaired) electrons. The number of fused-ring (bicyclic) bond motifs is 2. The summed E-state index contributed by atoms with van der Waals surface area (Å²) in [6.45, 7) is 4.79. The van der Waals surface area contributed by atoms with Gasteiger partial charge in [-0.1, -0.05) is 25.5 Å². The van der Waals surface area contributed by atoms with E-state index in [0.717, 1.165) is 44.9 Å². The van der Waals surface area contributed by atoms with Crippen molar-refractivity contribution in [2.45, 2.75) is 95.4 Å². The standard InChI is InChI=1S/C23H30O4/c1-14-11-18-23(26-18)17(4-3-15-12-16(24)5-7-20(15,23)2)22(14)10-9-21(13-22)8-6-19(25)27-21/h3,14,17-18H,4-13H2,1-2H3/t14?,17?,18?,20?,21-,22?,23?/m0/s1. The van der Waals surface area contributed by atoms with Crippen LogP contribution < -0.4 is 0 Å². The quantitative estimate of drug-likeness (QED) is 0.366. The highest BCUT2D eigenvalue weighted by atomic mass is 16.6. The van der Waals surface area contributed by atoms with Crippen molar-refractivity contribution in [3.05, 3.63) is 11.6 Å². The molecule has 7 atom stereocenters. The first-order valence-corrected chi connectivity index (χ1v) is 10.9. The molecule has 2 heterocycles. The topological polar surface area (TPSA) is 55.9 Å². The number of hydrogen-bond donors (Lipinski definition) is 0. The fourth-order valence-corrected chi connectivity index (χ4v) is 8.32. The van der Waals surface area contributed by atoms with Crippen molar-refractivity contribution in [3.8, 4) is 0 Å². The van der Waals surface area contributed by atoms with Crippen LogP contribution in [-0.4, -0.2) is 29.1 Å². The molecular weight excluding hydrogens is 340 g/mol. The summed E-state index contributed by atoms with van der Waals surface area (Å²) in [5.41, 5.74) is 1.30. The van der Waals surface area contributed by atoms with Gasteiger partial charge in [-0.25, -0.2) is 0 Å². The minimum Gasteiger partial charge on any atom is -0.459 e. The zero-order valence-electron chi connectivity index (χ0n) is 16.5. The Kier molecular flexibility index (Phi) is 3.02. The number of epoxide rings is 1. The monoisotopic (exact) mass is 370 g/mol. The third-order valence-corrected chi connectivity index (χ3v) is 9.79. The summed E-state index contributed by atoms with van der Waals surface area (Å²) in [6, 6.07) is 0. The van der Waals surface area contributed by atoms with Crippen molar-refractivity contribution in [2.75, 3.05) is 0 Å². The number of rotatable bonds is 0. The van der Waals surface area contributed by atoms with Gasteiger partial charge in [0.1, 0.15) is 17.0 Å². The van der Waals surface area contributed by atoms with E-state index < -0.39 is 0 Å². The number of esters is 1. The van der Waals surface area contributed by atoms with E-state index in [4.69, 9.17) is 9.47 Å². The molecule has 0 aromatic heterocycles. The molecule has 146 valence electrons. The first kappa shape index (κ1) is 16.8. The fraction of sp³-hybridized carbons (Fsp3) is 0.826. The van der Waals surface area contributed by atoms with E-state index in [2.05, 4.69) is 19.9 Å². The smallest absolute Gasteiger partial charge is 0.306 e. The average molecular weight is 370 g/mol. The number of hydrogen-bond acceptors (Lipinski definition) is 4. The van der Waals surface area contributed by atoms with E-state index in [-0.39, 0.29) is 28.0 Å². The van der Waals surface area contributed by atoms with E-state index in [9.17, 15) is 9.59 Å². The molecule has 5 fully saturated rings. The Morgan fingerprint density at radius 2 is 1.96 bits per heavy atom. The van der Waals surface area contributed by atoms with Gasteiger partial charge in [-0.3, -0.25) is 9.59 Å². The molecule has 3 saturated carbocycles. The highest BCUT2D eigenvalue weighted by molar-refractivity contribution is 5.83. The first-order chi connectivity index (χ1) is 12.8. The van der Waals surface area contributed by atoms with E-state index in [1.54, 1.807) is 0 Å². The Balaban J connectivity index is 1.42. The van der Waals surface area contributed by atoms with E-state index in [0.29, 0.717) is 43.0 Å². The van der Waals surface area contributed by atoms with E-state index in [1.807, 2.05) is 0 Å². The molecule has 3 spiro atoms. The van der Waals surface area contributed by atoms with Crippen LogP contribution in [0.25, 0.3) is 0 Å². The third kappa shape index (κ3) is 1.84. The summed E-state index contributed by atoms with van der Waals surface area (Å²) < 4.78 is 12.6. The number of Topliss-reactive ketones (excluding diaryl/α,β-unsaturated/α-hetero) is 1. The molecule has 6 rings (SSSR count). The van der Waals surface area contributed by atoms with Crippen LogP contribution in [-0.2, 0) is 19.1 Å².